The number of rotatable bonds is 14. The second kappa shape index (κ2) is 34.3. The number of fused-ring (bicyclic) bond motifs is 22. The van der Waals surface area contributed by atoms with Crippen molar-refractivity contribution < 1.29 is 0 Å². The molecule has 4 nitrogen and oxygen atoms in total. The van der Waals surface area contributed by atoms with Crippen LogP contribution in [0.3, 0.4) is 0 Å². The number of hydrogen-bond donors (Lipinski definition) is 0. The Hall–Kier alpha value is -18.5. The fraction of sp³-hybridized carbons (Fsp3) is 0.0145. The summed E-state index contributed by atoms with van der Waals surface area (Å²) in [5, 5.41) is 4.92. The van der Waals surface area contributed by atoms with Gasteiger partial charge in [0.05, 0.1) is 33.6 Å². The molecule has 2 heterocycles. The molecular weight excluding hydrogens is 1710 g/mol. The summed E-state index contributed by atoms with van der Waals surface area (Å²) < 4.78 is 0. The van der Waals surface area contributed by atoms with Crippen molar-refractivity contribution in [2.75, 3.05) is 0 Å². The summed E-state index contributed by atoms with van der Waals surface area (Å²) in [5.41, 5.74) is 48.5. The third kappa shape index (κ3) is 14.0. The Bertz CT molecular complexity index is 9060. The van der Waals surface area contributed by atoms with Crippen molar-refractivity contribution in [3.8, 4) is 201 Å². The molecule has 0 saturated heterocycles. The smallest absolute Gasteiger partial charge is 0.160 e. The molecule has 0 radical (unpaired) electrons. The van der Waals surface area contributed by atoms with Crippen molar-refractivity contribution in [3.05, 3.63) is 578 Å². The molecule has 22 aromatic carbocycles. The molecule has 0 fully saturated rings. The fourth-order valence-electron chi connectivity index (χ4n) is 23.3. The van der Waals surface area contributed by atoms with Crippen LogP contribution >= 0.6 is 0 Å². The molecule has 0 amide bonds. The Morgan fingerprint density at radius 2 is 0.324 bits per heavy atom. The van der Waals surface area contributed by atoms with Gasteiger partial charge in [0.1, 0.15) is 0 Å². The molecule has 0 N–H and O–H groups in total. The molecule has 4 aliphatic rings. The van der Waals surface area contributed by atoms with Gasteiger partial charge < -0.3 is 0 Å². The lowest BCUT2D eigenvalue weighted by molar-refractivity contribution is 0.794. The number of benzene rings is 22. The maximum absolute atomic E-state index is 5.25. The summed E-state index contributed by atoms with van der Waals surface area (Å²) in [5.74, 6) is 1.39. The summed E-state index contributed by atoms with van der Waals surface area (Å²) in [6, 6.07) is 195. The van der Waals surface area contributed by atoms with E-state index in [-0.39, 0.29) is 0 Å². The van der Waals surface area contributed by atoms with Crippen LogP contribution in [0.5, 0.6) is 0 Å². The van der Waals surface area contributed by atoms with Crippen LogP contribution in [0.2, 0.25) is 0 Å². The predicted molar refractivity (Wildman–Crippen MR) is 588 cm³/mol. The monoisotopic (exact) mass is 1800 g/mol. The van der Waals surface area contributed by atoms with Crippen LogP contribution in [0.25, 0.3) is 223 Å². The Morgan fingerprint density at radius 1 is 0.106 bits per heavy atom. The zero-order chi connectivity index (χ0) is 93.8. The van der Waals surface area contributed by atoms with Gasteiger partial charge in [-0.1, -0.05) is 455 Å². The summed E-state index contributed by atoms with van der Waals surface area (Å²) in [4.78, 5) is 20.8. The minimum atomic E-state index is -0.459. The van der Waals surface area contributed by atoms with Crippen LogP contribution in [0.1, 0.15) is 44.5 Å². The molecule has 0 aliphatic heterocycles. The first kappa shape index (κ1) is 82.9. The van der Waals surface area contributed by atoms with E-state index in [1.165, 1.54) is 172 Å². The first-order chi connectivity index (χ1) is 70.3. The van der Waals surface area contributed by atoms with Gasteiger partial charge in [-0.15, -0.1) is 0 Å². The Morgan fingerprint density at radius 3 is 0.669 bits per heavy atom. The van der Waals surface area contributed by atoms with Crippen LogP contribution in [0, 0.1) is 0 Å². The molecule has 0 unspecified atom stereocenters. The van der Waals surface area contributed by atoms with E-state index >= 15 is 0 Å². The second-order valence-corrected chi connectivity index (χ2v) is 37.7. The van der Waals surface area contributed by atoms with Crippen molar-refractivity contribution in [1.29, 1.82) is 0 Å². The molecule has 0 saturated carbocycles. The lowest BCUT2D eigenvalue weighted by atomic mass is 9.70. The normalized spacial score (nSPS) is 12.6. The van der Waals surface area contributed by atoms with Gasteiger partial charge in [-0.3, -0.25) is 0 Å². The molecule has 4 heteroatoms. The molecule has 142 heavy (non-hydrogen) atoms. The SMILES string of the molecule is c1ccc(-c2ccc(-c3cc(-c4cccc(-c5cccc(-c6cc7c(cc6-c6ccc8ccccc8c6)-c6ccccc6C76c7ccccc7-c7ccccc76)c5)c4)nc(-c4ccccc4)n3)cc2)cc1.c1ccc(-c2cccc(-c3cc(-c4cccc(-c5cccc(-c6cc7c(cc6-c6ccc8ccccc8c6)-c6ccccc6C76c7ccccc7-c7ccccc76)c5)c4)nc(-c4ccccc4)n3)c2)cc1. The van der Waals surface area contributed by atoms with Crippen molar-refractivity contribution >= 4 is 21.5 Å². The van der Waals surface area contributed by atoms with E-state index in [0.717, 1.165) is 84.0 Å². The predicted octanol–water partition coefficient (Wildman–Crippen LogP) is 35.3. The number of aromatic nitrogens is 4. The maximum atomic E-state index is 5.25. The Labute approximate surface area is 826 Å². The highest BCUT2D eigenvalue weighted by Crippen LogP contribution is 2.66. The van der Waals surface area contributed by atoms with E-state index in [2.05, 4.69) is 497 Å². The van der Waals surface area contributed by atoms with E-state index in [4.69, 9.17) is 19.9 Å². The molecule has 24 aromatic rings. The average Bonchev–Trinajstić information content (AvgIpc) is 1.51. The largest absolute Gasteiger partial charge is 0.228 e. The summed E-state index contributed by atoms with van der Waals surface area (Å²) in [6.07, 6.45) is 0. The van der Waals surface area contributed by atoms with Gasteiger partial charge in [0.15, 0.2) is 11.6 Å². The lowest BCUT2D eigenvalue weighted by Crippen LogP contribution is -2.25. The first-order valence-electron chi connectivity index (χ1n) is 48.9. The van der Waals surface area contributed by atoms with Gasteiger partial charge in [0, 0.05) is 33.4 Å². The molecule has 28 rings (SSSR count). The van der Waals surface area contributed by atoms with Gasteiger partial charge in [0.25, 0.3) is 0 Å². The highest BCUT2D eigenvalue weighted by atomic mass is 14.9. The van der Waals surface area contributed by atoms with E-state index < -0.39 is 10.8 Å². The molecule has 0 bridgehead atoms. The lowest BCUT2D eigenvalue weighted by Gasteiger charge is -2.31. The van der Waals surface area contributed by atoms with Gasteiger partial charge in [-0.25, -0.2) is 19.9 Å². The van der Waals surface area contributed by atoms with Crippen molar-refractivity contribution in [2.24, 2.45) is 0 Å². The van der Waals surface area contributed by atoms with Gasteiger partial charge >= 0.3 is 0 Å². The second-order valence-electron chi connectivity index (χ2n) is 37.7. The summed E-state index contributed by atoms with van der Waals surface area (Å²) in [7, 11) is 0. The highest BCUT2D eigenvalue weighted by molar-refractivity contribution is 6.04. The quantitative estimate of drug-likeness (QED) is 0.109. The van der Waals surface area contributed by atoms with Crippen LogP contribution in [-0.4, -0.2) is 19.9 Å². The number of hydrogen-bond acceptors (Lipinski definition) is 4. The maximum Gasteiger partial charge on any atom is 0.160 e. The average molecular weight is 1800 g/mol. The van der Waals surface area contributed by atoms with Gasteiger partial charge in [-0.05, 0) is 278 Å². The molecule has 2 aromatic heterocycles. The minimum absolute atomic E-state index is 0.458. The summed E-state index contributed by atoms with van der Waals surface area (Å²) in [6.45, 7) is 0. The molecule has 2 spiro atoms. The van der Waals surface area contributed by atoms with Crippen LogP contribution in [-0.2, 0) is 10.8 Å². The minimum Gasteiger partial charge on any atom is -0.228 e. The van der Waals surface area contributed by atoms with E-state index in [1.54, 1.807) is 0 Å². The molecule has 4 aliphatic carbocycles. The van der Waals surface area contributed by atoms with Crippen LogP contribution in [0.15, 0.2) is 534 Å². The Kier molecular flexibility index (Phi) is 20.1. The zero-order valence-corrected chi connectivity index (χ0v) is 77.6. The van der Waals surface area contributed by atoms with Crippen LogP contribution in [0.4, 0.5) is 0 Å². The Balaban J connectivity index is 0.000000142. The van der Waals surface area contributed by atoms with Gasteiger partial charge in [-0.2, -0.15) is 0 Å². The molecular formula is C138H88N4. The molecule has 660 valence electrons. The van der Waals surface area contributed by atoms with E-state index in [0.29, 0.717) is 11.6 Å². The van der Waals surface area contributed by atoms with Crippen LogP contribution < -0.4 is 0 Å². The van der Waals surface area contributed by atoms with Crippen molar-refractivity contribution in [1.82, 2.24) is 19.9 Å². The third-order valence-electron chi connectivity index (χ3n) is 29.8. The highest BCUT2D eigenvalue weighted by Gasteiger charge is 2.54. The standard InChI is InChI=1S/2C69H44N2/c1-3-18-45(19-4-1)49-24-16-28-54(40-49)66-44-67(71-68(70-66)47-21-5-2-6-22-47)55-29-17-26-51(41-55)50-25-15-27-52(39-50)60-43-65-61(42-59(60)53-37-36-46-20-7-8-23-48(46)38-53)58-32-11-14-35-64(58)69(65)62-33-12-9-30-56(62)57-31-10-13-34-63(57)69;1-3-17-45(18-4-1)47-33-36-48(37-34-47)66-44-67(71-68(70-66)49-20-5-2-6-21-49)55-26-16-24-52(41-55)51-23-15-25-53(40-51)60-43-65-61(42-59(60)54-38-35-46-19-7-8-22-50(46)39-54)58-29-11-14-32-64(58)69(65)62-30-12-9-27-56(62)57-28-10-13-31-63(57)69/h2*1-44H. The topological polar surface area (TPSA) is 51.6 Å². The zero-order valence-electron chi connectivity index (χ0n) is 77.6. The number of nitrogens with zero attached hydrogens (tertiary/aromatic N) is 4. The van der Waals surface area contributed by atoms with Crippen molar-refractivity contribution in [2.45, 2.75) is 10.8 Å². The summed E-state index contributed by atoms with van der Waals surface area (Å²) >= 11 is 0. The first-order valence-corrected chi connectivity index (χ1v) is 48.9. The fourth-order valence-corrected chi connectivity index (χ4v) is 23.3. The third-order valence-corrected chi connectivity index (χ3v) is 29.8. The van der Waals surface area contributed by atoms with E-state index in [1.807, 2.05) is 36.4 Å². The molecule has 0 atom stereocenters. The van der Waals surface area contributed by atoms with Crippen molar-refractivity contribution in [3.63, 3.8) is 0 Å². The van der Waals surface area contributed by atoms with Gasteiger partial charge in [0.2, 0.25) is 0 Å². The van der Waals surface area contributed by atoms with E-state index in [9.17, 15) is 0 Å².